The zero-order valence-electron chi connectivity index (χ0n) is 10.4. The smallest absolute Gasteiger partial charge is 0.0456 e. The highest BCUT2D eigenvalue weighted by atomic mass is 79.9. The summed E-state index contributed by atoms with van der Waals surface area (Å²) in [7, 11) is 0. The molecule has 0 radical (unpaired) electrons. The van der Waals surface area contributed by atoms with Crippen molar-refractivity contribution in [3.05, 3.63) is 50.9 Å². The van der Waals surface area contributed by atoms with Crippen LogP contribution in [-0.2, 0) is 6.42 Å². The van der Waals surface area contributed by atoms with Gasteiger partial charge in [0, 0.05) is 33.2 Å². The zero-order chi connectivity index (χ0) is 12.8. The highest BCUT2D eigenvalue weighted by Gasteiger charge is 2.13. The lowest BCUT2D eigenvalue weighted by atomic mass is 10.1. The molecular formula is C14H17BrN2S. The van der Waals surface area contributed by atoms with Gasteiger partial charge in [0.15, 0.2) is 0 Å². The predicted molar refractivity (Wildman–Crippen MR) is 81.0 cm³/mol. The second-order valence-electron chi connectivity index (χ2n) is 4.24. The first-order valence-corrected chi connectivity index (χ1v) is 7.83. The van der Waals surface area contributed by atoms with Crippen molar-refractivity contribution in [1.29, 1.82) is 0 Å². The molecule has 2 aromatic rings. The maximum atomic E-state index is 4.18. The minimum atomic E-state index is 0.380. The van der Waals surface area contributed by atoms with Crippen molar-refractivity contribution >= 4 is 27.3 Å². The van der Waals surface area contributed by atoms with E-state index in [2.05, 4.69) is 50.7 Å². The Bertz CT molecular complexity index is 470. The maximum Gasteiger partial charge on any atom is 0.0456 e. The Labute approximate surface area is 121 Å². The van der Waals surface area contributed by atoms with Crippen LogP contribution in [0, 0.1) is 0 Å². The van der Waals surface area contributed by atoms with Gasteiger partial charge >= 0.3 is 0 Å². The number of hydrogen-bond acceptors (Lipinski definition) is 3. The Morgan fingerprint density at radius 3 is 3.00 bits per heavy atom. The quantitative estimate of drug-likeness (QED) is 0.861. The monoisotopic (exact) mass is 324 g/mol. The average molecular weight is 325 g/mol. The first-order valence-electron chi connectivity index (χ1n) is 6.16. The molecule has 0 saturated carbocycles. The molecule has 1 unspecified atom stereocenters. The molecule has 0 fully saturated rings. The van der Waals surface area contributed by atoms with Gasteiger partial charge in [-0.25, -0.2) is 0 Å². The van der Waals surface area contributed by atoms with Gasteiger partial charge in [0.1, 0.15) is 0 Å². The molecule has 96 valence electrons. The Morgan fingerprint density at radius 1 is 1.50 bits per heavy atom. The molecule has 1 N–H and O–H groups in total. The number of halogens is 1. The third-order valence-electron chi connectivity index (χ3n) is 2.73. The fourth-order valence-corrected chi connectivity index (χ4v) is 3.38. The summed E-state index contributed by atoms with van der Waals surface area (Å²) in [6.07, 6.45) is 5.90. The fourth-order valence-electron chi connectivity index (χ4n) is 1.86. The molecule has 2 nitrogen and oxygen atoms in total. The van der Waals surface area contributed by atoms with Crippen molar-refractivity contribution < 1.29 is 0 Å². The van der Waals surface area contributed by atoms with Crippen molar-refractivity contribution in [2.45, 2.75) is 25.8 Å². The van der Waals surface area contributed by atoms with Crippen LogP contribution in [0.25, 0.3) is 0 Å². The van der Waals surface area contributed by atoms with E-state index in [4.69, 9.17) is 0 Å². The summed E-state index contributed by atoms with van der Waals surface area (Å²) >= 11 is 5.32. The first-order chi connectivity index (χ1) is 8.79. The average Bonchev–Trinajstić information content (AvgIpc) is 2.82. The van der Waals surface area contributed by atoms with Gasteiger partial charge in [0.05, 0.1) is 0 Å². The lowest BCUT2D eigenvalue weighted by Gasteiger charge is -2.17. The van der Waals surface area contributed by atoms with E-state index >= 15 is 0 Å². The minimum absolute atomic E-state index is 0.380. The van der Waals surface area contributed by atoms with Crippen LogP contribution in [0.4, 0.5) is 0 Å². The molecular weight excluding hydrogens is 308 g/mol. The van der Waals surface area contributed by atoms with Crippen LogP contribution in [-0.4, -0.2) is 11.5 Å². The molecule has 4 heteroatoms. The SMILES string of the molecule is CCCNC(Cc1cccnc1)c1cc(Br)cs1. The zero-order valence-corrected chi connectivity index (χ0v) is 12.8. The molecule has 18 heavy (non-hydrogen) atoms. The summed E-state index contributed by atoms with van der Waals surface area (Å²) in [6.45, 7) is 3.24. The van der Waals surface area contributed by atoms with Gasteiger partial charge in [-0.3, -0.25) is 4.98 Å². The van der Waals surface area contributed by atoms with E-state index in [-0.39, 0.29) is 0 Å². The summed E-state index contributed by atoms with van der Waals surface area (Å²) in [5, 5.41) is 5.75. The van der Waals surface area contributed by atoms with Crippen LogP contribution in [0.1, 0.15) is 29.8 Å². The second kappa shape index (κ2) is 7.02. The Hall–Kier alpha value is -0.710. The molecule has 2 aromatic heterocycles. The third kappa shape index (κ3) is 3.90. The van der Waals surface area contributed by atoms with Gasteiger partial charge in [-0.1, -0.05) is 13.0 Å². The van der Waals surface area contributed by atoms with E-state index in [1.54, 1.807) is 11.3 Å². The standard InChI is InChI=1S/C14H17BrN2S/c1-2-5-17-13(14-8-12(15)10-18-14)7-11-4-3-6-16-9-11/h3-4,6,8-10,13,17H,2,5,7H2,1H3. The summed E-state index contributed by atoms with van der Waals surface area (Å²) in [5.41, 5.74) is 1.27. The third-order valence-corrected chi connectivity index (χ3v) is 4.54. The number of nitrogens with zero attached hydrogens (tertiary/aromatic N) is 1. The van der Waals surface area contributed by atoms with E-state index in [0.717, 1.165) is 23.9 Å². The number of thiophene rings is 1. The predicted octanol–water partition coefficient (Wildman–Crippen LogP) is 4.19. The Kier molecular flexibility index (Phi) is 5.35. The van der Waals surface area contributed by atoms with Crippen molar-refractivity contribution in [3.8, 4) is 0 Å². The fraction of sp³-hybridized carbons (Fsp3) is 0.357. The van der Waals surface area contributed by atoms with E-state index in [1.807, 2.05) is 18.5 Å². The van der Waals surface area contributed by atoms with Crippen molar-refractivity contribution in [2.75, 3.05) is 6.54 Å². The summed E-state index contributed by atoms with van der Waals surface area (Å²) in [5.74, 6) is 0. The molecule has 2 heterocycles. The van der Waals surface area contributed by atoms with Crippen LogP contribution < -0.4 is 5.32 Å². The van der Waals surface area contributed by atoms with E-state index in [1.165, 1.54) is 10.4 Å². The molecule has 0 aromatic carbocycles. The molecule has 0 aliphatic carbocycles. The molecule has 0 aliphatic heterocycles. The molecule has 2 rings (SSSR count). The number of aromatic nitrogens is 1. The molecule has 0 bridgehead atoms. The van der Waals surface area contributed by atoms with Gasteiger partial charge in [-0.15, -0.1) is 11.3 Å². The van der Waals surface area contributed by atoms with Crippen molar-refractivity contribution in [1.82, 2.24) is 10.3 Å². The lowest BCUT2D eigenvalue weighted by Crippen LogP contribution is -2.23. The van der Waals surface area contributed by atoms with Crippen LogP contribution in [0.15, 0.2) is 40.4 Å². The second-order valence-corrected chi connectivity index (χ2v) is 6.10. The first kappa shape index (κ1) is 13.7. The largest absolute Gasteiger partial charge is 0.309 e. The summed E-state index contributed by atoms with van der Waals surface area (Å²) in [4.78, 5) is 5.56. The Balaban J connectivity index is 2.10. The van der Waals surface area contributed by atoms with Gasteiger partial charge in [-0.2, -0.15) is 0 Å². The molecule has 0 aliphatic rings. The normalized spacial score (nSPS) is 12.6. The van der Waals surface area contributed by atoms with Gasteiger partial charge in [-0.05, 0) is 53.0 Å². The molecule has 1 atom stereocenters. The van der Waals surface area contributed by atoms with Gasteiger partial charge in [0.2, 0.25) is 0 Å². The maximum absolute atomic E-state index is 4.18. The Morgan fingerprint density at radius 2 is 2.39 bits per heavy atom. The summed E-state index contributed by atoms with van der Waals surface area (Å²) in [6, 6.07) is 6.71. The van der Waals surface area contributed by atoms with Crippen LogP contribution >= 0.6 is 27.3 Å². The van der Waals surface area contributed by atoms with Gasteiger partial charge < -0.3 is 5.32 Å². The number of hydrogen-bond donors (Lipinski definition) is 1. The van der Waals surface area contributed by atoms with Crippen molar-refractivity contribution in [2.24, 2.45) is 0 Å². The molecule has 0 saturated heterocycles. The van der Waals surface area contributed by atoms with Crippen LogP contribution in [0.5, 0.6) is 0 Å². The highest BCUT2D eigenvalue weighted by Crippen LogP contribution is 2.27. The molecule has 0 amide bonds. The minimum Gasteiger partial charge on any atom is -0.309 e. The number of rotatable bonds is 6. The lowest BCUT2D eigenvalue weighted by molar-refractivity contribution is 0.536. The van der Waals surface area contributed by atoms with Crippen LogP contribution in [0.2, 0.25) is 0 Å². The topological polar surface area (TPSA) is 24.9 Å². The molecule has 0 spiro atoms. The van der Waals surface area contributed by atoms with Crippen molar-refractivity contribution in [3.63, 3.8) is 0 Å². The van der Waals surface area contributed by atoms with E-state index < -0.39 is 0 Å². The van der Waals surface area contributed by atoms with Crippen LogP contribution in [0.3, 0.4) is 0 Å². The summed E-state index contributed by atoms with van der Waals surface area (Å²) < 4.78 is 1.16. The van der Waals surface area contributed by atoms with E-state index in [0.29, 0.717) is 6.04 Å². The highest BCUT2D eigenvalue weighted by molar-refractivity contribution is 9.10. The van der Waals surface area contributed by atoms with E-state index in [9.17, 15) is 0 Å². The number of pyridine rings is 1. The number of nitrogens with one attached hydrogen (secondary N) is 1. The van der Waals surface area contributed by atoms with Gasteiger partial charge in [0.25, 0.3) is 0 Å².